The van der Waals surface area contributed by atoms with Crippen LogP contribution in [0.2, 0.25) is 0 Å². The van der Waals surface area contributed by atoms with Gasteiger partial charge >= 0.3 is 0 Å². The number of aromatic nitrogens is 1. The van der Waals surface area contributed by atoms with Crippen molar-refractivity contribution in [1.29, 1.82) is 0 Å². The van der Waals surface area contributed by atoms with E-state index in [1.165, 1.54) is 0 Å². The van der Waals surface area contributed by atoms with Gasteiger partial charge in [0.2, 0.25) is 0 Å². The predicted molar refractivity (Wildman–Crippen MR) is 74.5 cm³/mol. The van der Waals surface area contributed by atoms with Gasteiger partial charge in [0.25, 0.3) is 5.91 Å². The molecule has 5 heteroatoms. The van der Waals surface area contributed by atoms with Gasteiger partial charge in [-0.25, -0.2) is 4.98 Å². The number of carbonyl (C=O) groups excluding carboxylic acids is 1. The molecule has 0 aliphatic carbocycles. The Morgan fingerprint density at radius 2 is 2.17 bits per heavy atom. The maximum Gasteiger partial charge on any atom is 0.254 e. The number of hydrogen-bond acceptors (Lipinski definition) is 3. The van der Waals surface area contributed by atoms with Crippen molar-refractivity contribution < 1.29 is 9.90 Å². The van der Waals surface area contributed by atoms with E-state index >= 15 is 0 Å². The second-order valence-electron chi connectivity index (χ2n) is 4.69. The fourth-order valence-corrected chi connectivity index (χ4v) is 2.31. The number of aliphatic hydroxyl groups is 1. The summed E-state index contributed by atoms with van der Waals surface area (Å²) in [5.41, 5.74) is 1.39. The zero-order valence-corrected chi connectivity index (χ0v) is 12.5. The molecular formula is C13H19BrN2O2. The summed E-state index contributed by atoms with van der Waals surface area (Å²) in [5, 5.41) is 12.1. The van der Waals surface area contributed by atoms with E-state index in [0.717, 1.165) is 5.69 Å². The number of rotatable bonds is 5. The highest BCUT2D eigenvalue weighted by Crippen LogP contribution is 2.14. The molecule has 0 fully saturated rings. The van der Waals surface area contributed by atoms with Crippen molar-refractivity contribution in [3.8, 4) is 0 Å². The molecule has 4 nitrogen and oxygen atoms in total. The Morgan fingerprint density at radius 3 is 2.72 bits per heavy atom. The van der Waals surface area contributed by atoms with Crippen LogP contribution in [0.1, 0.15) is 36.3 Å². The Bertz CT molecular complexity index is 421. The van der Waals surface area contributed by atoms with E-state index in [-0.39, 0.29) is 17.9 Å². The molecule has 1 amide bonds. The van der Waals surface area contributed by atoms with Gasteiger partial charge in [-0.1, -0.05) is 6.92 Å². The number of hydrogen-bond donors (Lipinski definition) is 2. The van der Waals surface area contributed by atoms with E-state index < -0.39 is 0 Å². The Labute approximate surface area is 116 Å². The number of aliphatic hydroxyl groups excluding tert-OH is 1. The zero-order chi connectivity index (χ0) is 13.7. The van der Waals surface area contributed by atoms with Crippen LogP contribution >= 0.6 is 15.9 Å². The lowest BCUT2D eigenvalue weighted by atomic mass is 10.0. The zero-order valence-electron chi connectivity index (χ0n) is 10.9. The number of amides is 1. The minimum atomic E-state index is -0.343. The van der Waals surface area contributed by atoms with Gasteiger partial charge in [-0.05, 0) is 54.2 Å². The first-order chi connectivity index (χ1) is 8.40. The van der Waals surface area contributed by atoms with Crippen molar-refractivity contribution >= 4 is 21.8 Å². The van der Waals surface area contributed by atoms with Gasteiger partial charge < -0.3 is 10.4 Å². The van der Waals surface area contributed by atoms with Crippen LogP contribution in [0.3, 0.4) is 0 Å². The molecule has 2 atom stereocenters. The summed E-state index contributed by atoms with van der Waals surface area (Å²) in [6, 6.07) is 3.56. The smallest absolute Gasteiger partial charge is 0.254 e. The van der Waals surface area contributed by atoms with Gasteiger partial charge in [0.1, 0.15) is 4.60 Å². The van der Waals surface area contributed by atoms with Crippen LogP contribution in [0.15, 0.2) is 16.7 Å². The van der Waals surface area contributed by atoms with Gasteiger partial charge in [0.15, 0.2) is 0 Å². The average Bonchev–Trinajstić information content (AvgIpc) is 2.25. The third-order valence-electron chi connectivity index (χ3n) is 2.59. The molecule has 1 aromatic rings. The molecular weight excluding hydrogens is 296 g/mol. The van der Waals surface area contributed by atoms with Crippen LogP contribution in [0.25, 0.3) is 0 Å². The van der Waals surface area contributed by atoms with Crippen LogP contribution in [0, 0.1) is 12.8 Å². The van der Waals surface area contributed by atoms with E-state index in [0.29, 0.717) is 23.1 Å². The number of halogens is 1. The Morgan fingerprint density at radius 1 is 1.50 bits per heavy atom. The maximum atomic E-state index is 11.9. The first-order valence-electron chi connectivity index (χ1n) is 5.99. The third-order valence-corrected chi connectivity index (χ3v) is 3.19. The van der Waals surface area contributed by atoms with E-state index in [2.05, 4.69) is 26.2 Å². The lowest BCUT2D eigenvalue weighted by Crippen LogP contribution is -2.29. The van der Waals surface area contributed by atoms with Crippen molar-refractivity contribution in [2.45, 2.75) is 33.3 Å². The minimum absolute atomic E-state index is 0.146. The maximum absolute atomic E-state index is 11.9. The second kappa shape index (κ2) is 6.85. The van der Waals surface area contributed by atoms with Gasteiger partial charge in [0, 0.05) is 12.2 Å². The Balaban J connectivity index is 2.55. The van der Waals surface area contributed by atoms with Crippen molar-refractivity contribution in [1.82, 2.24) is 10.3 Å². The highest BCUT2D eigenvalue weighted by Gasteiger charge is 2.13. The quantitative estimate of drug-likeness (QED) is 0.820. The molecule has 2 unspecified atom stereocenters. The number of nitrogens with zero attached hydrogens (tertiary/aromatic N) is 1. The van der Waals surface area contributed by atoms with Crippen molar-refractivity contribution in [3.63, 3.8) is 0 Å². The summed E-state index contributed by atoms with van der Waals surface area (Å²) in [5.74, 6) is 0.0953. The molecule has 0 aromatic carbocycles. The summed E-state index contributed by atoms with van der Waals surface area (Å²) in [6.45, 7) is 6.16. The molecule has 1 aromatic heterocycles. The molecule has 0 saturated carbocycles. The van der Waals surface area contributed by atoms with Gasteiger partial charge in [-0.2, -0.15) is 0 Å². The van der Waals surface area contributed by atoms with Crippen LogP contribution in [0.5, 0.6) is 0 Å². The fourth-order valence-electron chi connectivity index (χ4n) is 1.72. The van der Waals surface area contributed by atoms with Gasteiger partial charge in [0.05, 0.1) is 11.7 Å². The first-order valence-corrected chi connectivity index (χ1v) is 6.79. The van der Waals surface area contributed by atoms with Crippen LogP contribution < -0.4 is 5.32 Å². The Kier molecular flexibility index (Phi) is 5.75. The van der Waals surface area contributed by atoms with Crippen LogP contribution in [-0.2, 0) is 0 Å². The summed E-state index contributed by atoms with van der Waals surface area (Å²) >= 11 is 3.28. The number of carbonyl (C=O) groups is 1. The molecule has 100 valence electrons. The summed E-state index contributed by atoms with van der Waals surface area (Å²) < 4.78 is 0.558. The number of aryl methyl sites for hydroxylation is 1. The molecule has 0 saturated heterocycles. The van der Waals surface area contributed by atoms with E-state index in [1.807, 2.05) is 13.8 Å². The molecule has 1 heterocycles. The largest absolute Gasteiger partial charge is 0.393 e. The predicted octanol–water partition coefficient (Wildman–Crippen LogP) is 2.29. The molecule has 18 heavy (non-hydrogen) atoms. The molecule has 0 aliphatic rings. The number of pyridine rings is 1. The van der Waals surface area contributed by atoms with Gasteiger partial charge in [-0.15, -0.1) is 0 Å². The summed E-state index contributed by atoms with van der Waals surface area (Å²) in [6.07, 6.45) is 0.331. The van der Waals surface area contributed by atoms with Gasteiger partial charge in [-0.3, -0.25) is 4.79 Å². The van der Waals surface area contributed by atoms with Crippen molar-refractivity contribution in [2.24, 2.45) is 5.92 Å². The highest BCUT2D eigenvalue weighted by atomic mass is 79.9. The normalized spacial score (nSPS) is 14.1. The van der Waals surface area contributed by atoms with E-state index in [4.69, 9.17) is 0 Å². The van der Waals surface area contributed by atoms with Crippen molar-refractivity contribution in [2.75, 3.05) is 6.54 Å². The second-order valence-corrected chi connectivity index (χ2v) is 5.44. The topological polar surface area (TPSA) is 62.2 Å². The van der Waals surface area contributed by atoms with E-state index in [9.17, 15) is 9.90 Å². The highest BCUT2D eigenvalue weighted by molar-refractivity contribution is 9.10. The first kappa shape index (κ1) is 15.1. The summed E-state index contributed by atoms with van der Waals surface area (Å²) in [7, 11) is 0. The number of nitrogens with one attached hydrogen (secondary N) is 1. The molecule has 1 rings (SSSR count). The Hall–Kier alpha value is -0.940. The lowest BCUT2D eigenvalue weighted by Gasteiger charge is -2.14. The van der Waals surface area contributed by atoms with Crippen molar-refractivity contribution in [3.05, 3.63) is 28.0 Å². The third kappa shape index (κ3) is 4.74. The van der Waals surface area contributed by atoms with Crippen LogP contribution in [0.4, 0.5) is 0 Å². The van der Waals surface area contributed by atoms with Crippen LogP contribution in [-0.4, -0.2) is 28.6 Å². The monoisotopic (exact) mass is 314 g/mol. The fraction of sp³-hybridized carbons (Fsp3) is 0.538. The molecule has 0 aliphatic heterocycles. The molecule has 0 radical (unpaired) electrons. The standard InChI is InChI=1S/C13H19BrN2O2/c1-8(6-10(3)17)7-15-13(18)11-5-4-9(2)16-12(11)14/h4-5,8,10,17H,6-7H2,1-3H3,(H,15,18). The molecule has 0 spiro atoms. The average molecular weight is 315 g/mol. The SMILES string of the molecule is Cc1ccc(C(=O)NCC(C)CC(C)O)c(Br)n1. The van der Waals surface area contributed by atoms with E-state index in [1.54, 1.807) is 19.1 Å². The molecule has 0 bridgehead atoms. The minimum Gasteiger partial charge on any atom is -0.393 e. The molecule has 2 N–H and O–H groups in total. The summed E-state index contributed by atoms with van der Waals surface area (Å²) in [4.78, 5) is 16.1. The lowest BCUT2D eigenvalue weighted by molar-refractivity contribution is 0.0938.